The van der Waals surface area contributed by atoms with Gasteiger partial charge in [-0.3, -0.25) is 0 Å². The minimum absolute atomic E-state index is 0.192. The third-order valence-corrected chi connectivity index (χ3v) is 3.78. The number of benzene rings is 1. The molecule has 4 nitrogen and oxygen atoms in total. The molecule has 2 aromatic rings. The lowest BCUT2D eigenvalue weighted by molar-refractivity contribution is 0.516. The summed E-state index contributed by atoms with van der Waals surface area (Å²) >= 11 is 0.603. The van der Waals surface area contributed by atoms with Crippen molar-refractivity contribution in [3.63, 3.8) is 0 Å². The first kappa shape index (κ1) is 13.3. The summed E-state index contributed by atoms with van der Waals surface area (Å²) in [5, 5.41) is 3.63. The average Bonchev–Trinajstić information content (AvgIpc) is 2.57. The Labute approximate surface area is 104 Å². The molecule has 0 saturated carbocycles. The maximum atomic E-state index is 13.5. The molecule has 0 atom stereocenters. The highest BCUT2D eigenvalue weighted by molar-refractivity contribution is 7.87. The molecule has 0 amide bonds. The summed E-state index contributed by atoms with van der Waals surface area (Å²) in [6, 6.07) is 2.10. The van der Waals surface area contributed by atoms with Gasteiger partial charge in [0.2, 0.25) is 0 Å². The molecule has 1 aromatic carbocycles. The SMILES string of the molecule is NS(=O)(=O)NCc1c(F)sc2ccc(F)c(F)c12. The van der Waals surface area contributed by atoms with Crippen molar-refractivity contribution in [1.82, 2.24) is 4.72 Å². The second-order valence-electron chi connectivity index (χ2n) is 3.45. The minimum atomic E-state index is -4.04. The fourth-order valence-electron chi connectivity index (χ4n) is 1.49. The number of rotatable bonds is 3. The van der Waals surface area contributed by atoms with Crippen LogP contribution in [-0.4, -0.2) is 8.42 Å². The molecule has 0 spiro atoms. The molecule has 0 aliphatic rings. The molecule has 0 bridgehead atoms. The lowest BCUT2D eigenvalue weighted by Crippen LogP contribution is -2.30. The van der Waals surface area contributed by atoms with Gasteiger partial charge in [0.25, 0.3) is 10.2 Å². The summed E-state index contributed by atoms with van der Waals surface area (Å²) in [7, 11) is -4.04. The van der Waals surface area contributed by atoms with Crippen molar-refractivity contribution in [2.24, 2.45) is 5.14 Å². The predicted molar refractivity (Wildman–Crippen MR) is 61.6 cm³/mol. The van der Waals surface area contributed by atoms with Crippen LogP contribution in [0.25, 0.3) is 10.1 Å². The molecular weight excluding hydrogens is 289 g/mol. The Bertz CT molecular complexity index is 712. The quantitative estimate of drug-likeness (QED) is 0.903. The molecule has 1 heterocycles. The van der Waals surface area contributed by atoms with E-state index in [-0.39, 0.29) is 15.6 Å². The van der Waals surface area contributed by atoms with E-state index < -0.39 is 33.5 Å². The van der Waals surface area contributed by atoms with E-state index in [1.807, 2.05) is 4.72 Å². The lowest BCUT2D eigenvalue weighted by Gasteiger charge is -2.02. The van der Waals surface area contributed by atoms with Crippen molar-refractivity contribution in [3.05, 3.63) is 34.5 Å². The summed E-state index contributed by atoms with van der Waals surface area (Å²) in [6.07, 6.45) is 0. The summed E-state index contributed by atoms with van der Waals surface area (Å²) < 4.78 is 63.6. The van der Waals surface area contributed by atoms with Gasteiger partial charge in [-0.1, -0.05) is 0 Å². The van der Waals surface area contributed by atoms with Gasteiger partial charge in [0.05, 0.1) is 0 Å². The Morgan fingerprint density at radius 3 is 2.56 bits per heavy atom. The average molecular weight is 296 g/mol. The van der Waals surface area contributed by atoms with E-state index >= 15 is 0 Å². The molecule has 1 aromatic heterocycles. The molecule has 0 fully saturated rings. The number of hydrogen-bond acceptors (Lipinski definition) is 3. The Kier molecular flexibility index (Phi) is 3.32. The van der Waals surface area contributed by atoms with Crippen LogP contribution in [0.15, 0.2) is 12.1 Å². The molecule has 2 rings (SSSR count). The smallest absolute Gasteiger partial charge is 0.216 e. The highest BCUT2D eigenvalue weighted by atomic mass is 32.2. The molecule has 0 aliphatic carbocycles. The van der Waals surface area contributed by atoms with Crippen LogP contribution in [0.1, 0.15) is 5.56 Å². The predicted octanol–water partition coefficient (Wildman–Crippen LogP) is 1.61. The van der Waals surface area contributed by atoms with Crippen molar-refractivity contribution in [1.29, 1.82) is 0 Å². The number of hydrogen-bond donors (Lipinski definition) is 2. The van der Waals surface area contributed by atoms with E-state index in [1.165, 1.54) is 6.07 Å². The topological polar surface area (TPSA) is 72.2 Å². The molecule has 0 unspecified atom stereocenters. The van der Waals surface area contributed by atoms with Gasteiger partial charge >= 0.3 is 0 Å². The van der Waals surface area contributed by atoms with E-state index in [4.69, 9.17) is 0 Å². The minimum Gasteiger partial charge on any atom is -0.216 e. The van der Waals surface area contributed by atoms with Gasteiger partial charge in [0.15, 0.2) is 16.8 Å². The fourth-order valence-corrected chi connectivity index (χ4v) is 2.77. The second kappa shape index (κ2) is 4.50. The van der Waals surface area contributed by atoms with Crippen LogP contribution in [0, 0.1) is 16.8 Å². The largest absolute Gasteiger partial charge is 0.274 e. The molecular formula is C9H7F3N2O2S2. The number of nitrogens with one attached hydrogen (secondary N) is 1. The number of halogens is 3. The standard InChI is InChI=1S/C9H7F3N2O2S2/c10-5-1-2-6-7(8(5)11)4(9(12)17-6)3-14-18(13,15)16/h1-2,14H,3H2,(H2,13,15,16). The summed E-state index contributed by atoms with van der Waals surface area (Å²) in [5.41, 5.74) is -0.263. The van der Waals surface area contributed by atoms with Crippen molar-refractivity contribution >= 4 is 31.6 Å². The van der Waals surface area contributed by atoms with E-state index in [0.29, 0.717) is 11.3 Å². The molecule has 3 N–H and O–H groups in total. The summed E-state index contributed by atoms with van der Waals surface area (Å²) in [5.74, 6) is -2.34. The highest BCUT2D eigenvalue weighted by Crippen LogP contribution is 2.33. The van der Waals surface area contributed by atoms with Crippen molar-refractivity contribution < 1.29 is 21.6 Å². The lowest BCUT2D eigenvalue weighted by atomic mass is 10.1. The first-order valence-electron chi connectivity index (χ1n) is 4.62. The van der Waals surface area contributed by atoms with Crippen LogP contribution < -0.4 is 9.86 Å². The van der Waals surface area contributed by atoms with Crippen LogP contribution in [0.4, 0.5) is 13.2 Å². The van der Waals surface area contributed by atoms with Crippen LogP contribution in [0.5, 0.6) is 0 Å². The normalized spacial score (nSPS) is 12.2. The monoisotopic (exact) mass is 296 g/mol. The maximum absolute atomic E-state index is 13.5. The third kappa shape index (κ3) is 2.48. The Balaban J connectivity index is 2.56. The first-order chi connectivity index (χ1) is 8.29. The Hall–Kier alpha value is -1.16. The van der Waals surface area contributed by atoms with Gasteiger partial charge < -0.3 is 0 Å². The zero-order valence-corrected chi connectivity index (χ0v) is 10.3. The van der Waals surface area contributed by atoms with Gasteiger partial charge in [-0.15, -0.1) is 11.3 Å². The molecule has 9 heteroatoms. The highest BCUT2D eigenvalue weighted by Gasteiger charge is 2.19. The van der Waals surface area contributed by atoms with Crippen LogP contribution >= 0.6 is 11.3 Å². The summed E-state index contributed by atoms with van der Waals surface area (Å²) in [6.45, 7) is -0.537. The molecule has 18 heavy (non-hydrogen) atoms. The molecule has 0 radical (unpaired) electrons. The second-order valence-corrected chi connectivity index (χ2v) is 5.84. The van der Waals surface area contributed by atoms with Crippen LogP contribution in [-0.2, 0) is 16.8 Å². The van der Waals surface area contributed by atoms with Crippen molar-refractivity contribution in [2.45, 2.75) is 6.54 Å². The Morgan fingerprint density at radius 1 is 1.28 bits per heavy atom. The number of fused-ring (bicyclic) bond motifs is 1. The first-order valence-corrected chi connectivity index (χ1v) is 6.98. The number of thiophene rings is 1. The van der Waals surface area contributed by atoms with E-state index in [2.05, 4.69) is 5.14 Å². The molecule has 0 aliphatic heterocycles. The van der Waals surface area contributed by atoms with Gasteiger partial charge in [0, 0.05) is 22.2 Å². The van der Waals surface area contributed by atoms with Gasteiger partial charge in [0.1, 0.15) is 0 Å². The van der Waals surface area contributed by atoms with Gasteiger partial charge in [-0.2, -0.15) is 17.5 Å². The third-order valence-electron chi connectivity index (χ3n) is 2.25. The van der Waals surface area contributed by atoms with E-state index in [9.17, 15) is 21.6 Å². The Morgan fingerprint density at radius 2 is 1.94 bits per heavy atom. The molecule has 0 saturated heterocycles. The molecule has 98 valence electrons. The van der Waals surface area contributed by atoms with Crippen LogP contribution in [0.2, 0.25) is 0 Å². The van der Waals surface area contributed by atoms with E-state index in [0.717, 1.165) is 6.07 Å². The maximum Gasteiger partial charge on any atom is 0.274 e. The summed E-state index contributed by atoms with van der Waals surface area (Å²) in [4.78, 5) is 0. The number of nitrogens with two attached hydrogens (primary N) is 1. The fraction of sp³-hybridized carbons (Fsp3) is 0.111. The van der Waals surface area contributed by atoms with Gasteiger partial charge in [-0.25, -0.2) is 13.9 Å². The van der Waals surface area contributed by atoms with Crippen molar-refractivity contribution in [2.75, 3.05) is 0 Å². The van der Waals surface area contributed by atoms with E-state index in [1.54, 1.807) is 0 Å². The zero-order chi connectivity index (χ0) is 13.5. The van der Waals surface area contributed by atoms with Gasteiger partial charge in [-0.05, 0) is 12.1 Å². The van der Waals surface area contributed by atoms with Crippen molar-refractivity contribution in [3.8, 4) is 0 Å². The zero-order valence-electron chi connectivity index (χ0n) is 8.71. The van der Waals surface area contributed by atoms with Crippen LogP contribution in [0.3, 0.4) is 0 Å².